The van der Waals surface area contributed by atoms with E-state index in [1.165, 1.54) is 6.26 Å². The molecule has 0 saturated heterocycles. The van der Waals surface area contributed by atoms with Gasteiger partial charge in [0.15, 0.2) is 0 Å². The van der Waals surface area contributed by atoms with Crippen LogP contribution in [0.15, 0.2) is 12.3 Å². The van der Waals surface area contributed by atoms with Crippen LogP contribution in [-0.2, 0) is 14.3 Å². The summed E-state index contributed by atoms with van der Waals surface area (Å²) in [5, 5.41) is 0. The van der Waals surface area contributed by atoms with Crippen molar-refractivity contribution in [3.05, 3.63) is 12.3 Å². The highest BCUT2D eigenvalue weighted by molar-refractivity contribution is 7.86. The third-order valence-corrected chi connectivity index (χ3v) is 2.41. The Hall–Kier alpha value is -0.510. The molecule has 0 aromatic carbocycles. The van der Waals surface area contributed by atoms with Gasteiger partial charge < -0.3 is 4.18 Å². The maximum atomic E-state index is 10.6. The molecular formula is C5H8O3S. The van der Waals surface area contributed by atoms with E-state index in [1.807, 2.05) is 6.92 Å². The zero-order chi connectivity index (χ0) is 6.91. The molecular weight excluding hydrogens is 140 g/mol. The standard InChI is InChI=1S/C5H8O3S/c1-5-2-3-8-9(6,7)4-5/h2-3,5H,4H2,1H3. The summed E-state index contributed by atoms with van der Waals surface area (Å²) in [7, 11) is -3.22. The fraction of sp³-hybridized carbons (Fsp3) is 0.600. The van der Waals surface area contributed by atoms with Crippen molar-refractivity contribution in [3.63, 3.8) is 0 Å². The Kier molecular flexibility index (Phi) is 1.48. The van der Waals surface area contributed by atoms with E-state index in [0.29, 0.717) is 0 Å². The molecule has 1 heterocycles. The number of rotatable bonds is 0. The van der Waals surface area contributed by atoms with Crippen molar-refractivity contribution < 1.29 is 12.6 Å². The molecule has 0 fully saturated rings. The average molecular weight is 148 g/mol. The lowest BCUT2D eigenvalue weighted by Crippen LogP contribution is -2.16. The van der Waals surface area contributed by atoms with E-state index in [2.05, 4.69) is 4.18 Å². The Morgan fingerprint density at radius 3 is 2.67 bits per heavy atom. The van der Waals surface area contributed by atoms with Gasteiger partial charge in [0.2, 0.25) is 0 Å². The third kappa shape index (κ3) is 1.71. The molecule has 0 aromatic heterocycles. The topological polar surface area (TPSA) is 43.4 Å². The second kappa shape index (κ2) is 2.02. The summed E-state index contributed by atoms with van der Waals surface area (Å²) in [6.45, 7) is 1.83. The first kappa shape index (κ1) is 6.61. The second-order valence-corrected chi connectivity index (χ2v) is 3.77. The molecule has 0 radical (unpaired) electrons. The number of hydrogen-bond acceptors (Lipinski definition) is 3. The van der Waals surface area contributed by atoms with Crippen molar-refractivity contribution in [1.29, 1.82) is 0 Å². The monoisotopic (exact) mass is 148 g/mol. The quantitative estimate of drug-likeness (QED) is 0.470. The summed E-state index contributed by atoms with van der Waals surface area (Å²) in [5.74, 6) is 0.187. The van der Waals surface area contributed by atoms with Crippen molar-refractivity contribution in [2.75, 3.05) is 5.75 Å². The van der Waals surface area contributed by atoms with Gasteiger partial charge in [0, 0.05) is 0 Å². The van der Waals surface area contributed by atoms with Crippen molar-refractivity contribution in [1.82, 2.24) is 0 Å². The lowest BCUT2D eigenvalue weighted by molar-refractivity contribution is 0.423. The Bertz CT molecular complexity index is 214. The minimum Gasteiger partial charge on any atom is -0.391 e. The molecule has 1 atom stereocenters. The van der Waals surface area contributed by atoms with Gasteiger partial charge in [-0.3, -0.25) is 0 Å². The number of hydrogen-bond donors (Lipinski definition) is 0. The van der Waals surface area contributed by atoms with Crippen LogP contribution in [-0.4, -0.2) is 14.2 Å². The Morgan fingerprint density at radius 1 is 1.67 bits per heavy atom. The molecule has 1 rings (SSSR count). The molecule has 0 amide bonds. The summed E-state index contributed by atoms with van der Waals surface area (Å²) in [5.41, 5.74) is 0. The molecule has 0 bridgehead atoms. The highest BCUT2D eigenvalue weighted by Crippen LogP contribution is 2.10. The molecule has 1 unspecified atom stereocenters. The summed E-state index contributed by atoms with van der Waals surface area (Å²) in [6.07, 6.45) is 2.95. The first-order valence-corrected chi connectivity index (χ1v) is 4.25. The van der Waals surface area contributed by atoms with Gasteiger partial charge in [0.1, 0.15) is 6.26 Å². The Morgan fingerprint density at radius 2 is 2.33 bits per heavy atom. The molecule has 1 aliphatic rings. The Labute approximate surface area is 54.5 Å². The van der Waals surface area contributed by atoms with Crippen molar-refractivity contribution in [3.8, 4) is 0 Å². The molecule has 0 saturated carbocycles. The molecule has 52 valence electrons. The van der Waals surface area contributed by atoms with E-state index in [9.17, 15) is 8.42 Å². The smallest absolute Gasteiger partial charge is 0.309 e. The predicted molar refractivity (Wildman–Crippen MR) is 33.2 cm³/mol. The zero-order valence-electron chi connectivity index (χ0n) is 5.07. The van der Waals surface area contributed by atoms with E-state index in [4.69, 9.17) is 0 Å². The van der Waals surface area contributed by atoms with Gasteiger partial charge in [-0.1, -0.05) is 6.92 Å². The van der Waals surface area contributed by atoms with Crippen LogP contribution in [0.25, 0.3) is 0 Å². The van der Waals surface area contributed by atoms with Crippen LogP contribution in [0.1, 0.15) is 6.92 Å². The number of allylic oxidation sites excluding steroid dienone is 1. The van der Waals surface area contributed by atoms with Crippen LogP contribution >= 0.6 is 0 Å². The summed E-state index contributed by atoms with van der Waals surface area (Å²) >= 11 is 0. The van der Waals surface area contributed by atoms with Gasteiger partial charge in [0.05, 0.1) is 5.75 Å². The minimum atomic E-state index is -3.22. The van der Waals surface area contributed by atoms with Gasteiger partial charge in [-0.2, -0.15) is 8.42 Å². The molecule has 0 aromatic rings. The van der Waals surface area contributed by atoms with Gasteiger partial charge >= 0.3 is 10.1 Å². The maximum Gasteiger partial charge on any atom is 0.309 e. The van der Waals surface area contributed by atoms with Crippen LogP contribution in [0.2, 0.25) is 0 Å². The van der Waals surface area contributed by atoms with Gasteiger partial charge in [-0.25, -0.2) is 0 Å². The summed E-state index contributed by atoms with van der Waals surface area (Å²) < 4.78 is 25.5. The van der Waals surface area contributed by atoms with Crippen LogP contribution in [0.3, 0.4) is 0 Å². The van der Waals surface area contributed by atoms with Crippen LogP contribution < -0.4 is 0 Å². The van der Waals surface area contributed by atoms with Crippen molar-refractivity contribution in [2.24, 2.45) is 5.92 Å². The SMILES string of the molecule is CC1C=COS(=O)(=O)C1. The first-order chi connectivity index (χ1) is 4.10. The highest BCUT2D eigenvalue weighted by Gasteiger charge is 2.17. The molecule has 0 aliphatic carbocycles. The lowest BCUT2D eigenvalue weighted by Gasteiger charge is -2.10. The predicted octanol–water partition coefficient (Wildman–Crippen LogP) is 0.496. The van der Waals surface area contributed by atoms with E-state index < -0.39 is 10.1 Å². The lowest BCUT2D eigenvalue weighted by atomic mass is 10.2. The average Bonchev–Trinajstić information content (AvgIpc) is 1.60. The van der Waals surface area contributed by atoms with Crippen LogP contribution in [0.5, 0.6) is 0 Å². The molecule has 0 N–H and O–H groups in total. The third-order valence-electron chi connectivity index (χ3n) is 1.08. The fourth-order valence-electron chi connectivity index (χ4n) is 0.668. The molecule has 4 heteroatoms. The van der Waals surface area contributed by atoms with E-state index in [1.54, 1.807) is 6.08 Å². The van der Waals surface area contributed by atoms with E-state index in [0.717, 1.165) is 0 Å². The minimum absolute atomic E-state index is 0.0868. The molecule has 0 spiro atoms. The largest absolute Gasteiger partial charge is 0.391 e. The van der Waals surface area contributed by atoms with Gasteiger partial charge in [-0.15, -0.1) is 0 Å². The molecule has 3 nitrogen and oxygen atoms in total. The van der Waals surface area contributed by atoms with Crippen LogP contribution in [0, 0.1) is 5.92 Å². The summed E-state index contributed by atoms with van der Waals surface area (Å²) in [6, 6.07) is 0. The Balaban J connectivity index is 2.81. The first-order valence-electron chi connectivity index (χ1n) is 2.68. The summed E-state index contributed by atoms with van der Waals surface area (Å²) in [4.78, 5) is 0. The molecule has 9 heavy (non-hydrogen) atoms. The van der Waals surface area contributed by atoms with Crippen molar-refractivity contribution in [2.45, 2.75) is 6.92 Å². The maximum absolute atomic E-state index is 10.6. The van der Waals surface area contributed by atoms with Gasteiger partial charge in [0.25, 0.3) is 0 Å². The zero-order valence-corrected chi connectivity index (χ0v) is 5.89. The normalized spacial score (nSPS) is 31.4. The second-order valence-electron chi connectivity index (χ2n) is 2.13. The van der Waals surface area contributed by atoms with Crippen LogP contribution in [0.4, 0.5) is 0 Å². The van der Waals surface area contributed by atoms with Gasteiger partial charge in [-0.05, 0) is 12.0 Å². The highest BCUT2D eigenvalue weighted by atomic mass is 32.2. The fourth-order valence-corrected chi connectivity index (χ4v) is 1.73. The van der Waals surface area contributed by atoms with E-state index in [-0.39, 0.29) is 11.7 Å². The van der Waals surface area contributed by atoms with Crippen molar-refractivity contribution >= 4 is 10.1 Å². The van der Waals surface area contributed by atoms with E-state index >= 15 is 0 Å². The molecule has 1 aliphatic heterocycles.